The first-order valence-corrected chi connectivity index (χ1v) is 37.1. The molecule has 0 radical (unpaired) electrons. The molecule has 3 aromatic heterocycles. The maximum absolute atomic E-state index is 12.9. The van der Waals surface area contributed by atoms with Gasteiger partial charge in [-0.05, 0) is 177 Å². The maximum atomic E-state index is 12.9. The second-order valence-corrected chi connectivity index (χ2v) is 32.9. The van der Waals surface area contributed by atoms with E-state index >= 15 is 0 Å². The molecule has 1 unspecified atom stereocenters. The summed E-state index contributed by atoms with van der Waals surface area (Å²) in [5, 5.41) is 45.3. The number of ether oxygens (including phenoxy) is 3. The minimum absolute atomic E-state index is 0. The number of carbonyl (C=O) groups excluding carboxylic acids is 3. The molecule has 13 rings (SSSR count). The third-order valence-electron chi connectivity index (χ3n) is 16.5. The largest absolute Gasteiger partial charge is 1.00 e. The number of likely N-dealkylation sites (tertiary alicyclic amines) is 3. The van der Waals surface area contributed by atoms with Crippen LogP contribution < -0.4 is 29.6 Å². The Hall–Kier alpha value is -5.43. The molecule has 4 aliphatic heterocycles. The van der Waals surface area contributed by atoms with Crippen LogP contribution >= 0.6 is 91.0 Å². The number of piperidine rings is 3. The number of benzene rings is 6. The smallest absolute Gasteiger partial charge is 0.444 e. The number of β-amino-alcohol motifs (C(OH)–C–C–N with tert-alkyl or cyclic N) is 1. The quantitative estimate of drug-likeness (QED) is 0.0369. The summed E-state index contributed by atoms with van der Waals surface area (Å²) in [5.74, 6) is 0. The van der Waals surface area contributed by atoms with Crippen LogP contribution in [0.3, 0.4) is 0 Å². The molecule has 7 heterocycles. The standard InChI is InChI=1S/C22H23Cl2N5O3.C22H22Cl2N2O5S.C22H24Cl2N2O4.Cl2OS.N3.Na/c1-22(2,3)32-21(31)28-10-16(26-27-25)20(30)19(11-28)29-17-6-4-12(23)8-14(17)15-9-13(24)5-7-18(15)29;1-22(2,3)29-21(27)25-10-18(20-19(11-25)30-32(28)31-20)26-16-6-4-12(23)8-14(16)15-9-13(24)5-7-17(15)26;1-22(2,3)30-21(29)25-10-18(20(28)19(27)11-25)26-16-6-4-12(23)8-14(16)15-9-13(24)5-7-17(15)26;1-4(2)3;1-3-2;/h4-9,16,19-20,30H,10-11H2,1-3H3;4-9,18-20H,10-11H2,1-3H3;4-9,18-20,27-28H,10-11H2,1-3H3;;;/q;;;;-1;+1/t16-,19+,20+;18-,19-,20+,32?;18-,19-,20+;;;/m100.../s1. The van der Waals surface area contributed by atoms with Gasteiger partial charge in [0.25, 0.3) is 0 Å². The molecule has 0 saturated carbocycles. The van der Waals surface area contributed by atoms with Crippen molar-refractivity contribution in [1.82, 2.24) is 28.4 Å². The van der Waals surface area contributed by atoms with Crippen LogP contribution in [0.15, 0.2) is 114 Å². The van der Waals surface area contributed by atoms with Crippen molar-refractivity contribution in [2.24, 2.45) is 5.11 Å². The first-order chi connectivity index (χ1) is 47.4. The Morgan fingerprint density at radius 3 is 1.07 bits per heavy atom. The Morgan fingerprint density at radius 2 is 0.765 bits per heavy atom. The van der Waals surface area contributed by atoms with Gasteiger partial charge in [0, 0.05) is 148 Å². The topological polar surface area (TPSA) is 324 Å². The van der Waals surface area contributed by atoms with Crippen molar-refractivity contribution in [3.05, 3.63) is 166 Å². The Morgan fingerprint density at radius 1 is 0.490 bits per heavy atom. The van der Waals surface area contributed by atoms with Crippen LogP contribution in [0.25, 0.3) is 91.8 Å². The number of amides is 3. The van der Waals surface area contributed by atoms with E-state index in [1.165, 1.54) is 14.7 Å². The number of aliphatic hydroxyl groups is 3. The van der Waals surface area contributed by atoms with Gasteiger partial charge in [0.2, 0.25) is 9.23 Å². The van der Waals surface area contributed by atoms with Crippen molar-refractivity contribution in [2.45, 2.75) is 134 Å². The average Bonchev–Trinajstić information content (AvgIpc) is 1.59. The zero-order valence-electron chi connectivity index (χ0n) is 56.5. The molecule has 0 spiro atoms. The van der Waals surface area contributed by atoms with Gasteiger partial charge in [-0.15, -0.1) is 0 Å². The normalized spacial score (nSPS) is 22.0. The van der Waals surface area contributed by atoms with Crippen molar-refractivity contribution in [3.8, 4) is 0 Å². The van der Waals surface area contributed by atoms with Crippen molar-refractivity contribution in [3.63, 3.8) is 0 Å². The van der Waals surface area contributed by atoms with Gasteiger partial charge in [0.05, 0.1) is 49.5 Å². The van der Waals surface area contributed by atoms with E-state index in [-0.39, 0.29) is 68.3 Å². The van der Waals surface area contributed by atoms with E-state index in [1.54, 1.807) is 70.7 Å². The van der Waals surface area contributed by atoms with Gasteiger partial charge in [0.15, 0.2) is 0 Å². The third-order valence-corrected chi connectivity index (χ3v) is 18.7. The molecule has 4 fully saturated rings. The van der Waals surface area contributed by atoms with E-state index in [9.17, 15) is 33.9 Å². The summed E-state index contributed by atoms with van der Waals surface area (Å²) in [6.45, 7) is 17.2. The number of hydrogen-bond acceptors (Lipinski definition) is 14. The van der Waals surface area contributed by atoms with Gasteiger partial charge in [-0.3, -0.25) is 13.3 Å². The van der Waals surface area contributed by atoms with Gasteiger partial charge in [-0.1, -0.05) is 74.7 Å². The molecule has 0 bridgehead atoms. The molecule has 25 nitrogen and oxygen atoms in total. The number of aliphatic hydroxyl groups excluding tert-OH is 3. The van der Waals surface area contributed by atoms with Gasteiger partial charge in [0.1, 0.15) is 35.1 Å². The van der Waals surface area contributed by atoms with Gasteiger partial charge >= 0.3 is 59.2 Å². The predicted molar refractivity (Wildman–Crippen MR) is 398 cm³/mol. The fourth-order valence-electron chi connectivity index (χ4n) is 12.8. The Balaban J connectivity index is 0.000000185. The first kappa shape index (κ1) is 82.2. The molecule has 3 N–H and O–H groups in total. The number of rotatable bonds is 4. The van der Waals surface area contributed by atoms with Crippen LogP contribution in [0.5, 0.6) is 0 Å². The first-order valence-electron chi connectivity index (χ1n) is 31.1. The van der Waals surface area contributed by atoms with Crippen molar-refractivity contribution in [1.29, 1.82) is 0 Å². The summed E-state index contributed by atoms with van der Waals surface area (Å²) in [4.78, 5) is 47.3. The Bertz CT molecular complexity index is 4590. The van der Waals surface area contributed by atoms with Crippen LogP contribution in [0.1, 0.15) is 80.4 Å². The van der Waals surface area contributed by atoms with Crippen LogP contribution in [0.4, 0.5) is 14.4 Å². The number of hydrogen-bond donors (Lipinski definition) is 3. The second kappa shape index (κ2) is 34.0. The summed E-state index contributed by atoms with van der Waals surface area (Å²) in [6, 6.07) is 30.9. The number of nitrogens with zero attached hydrogens (tertiary/aromatic N) is 12. The number of fused-ring (bicyclic) bond motifs is 10. The van der Waals surface area contributed by atoms with Crippen LogP contribution in [-0.4, -0.2) is 163 Å². The van der Waals surface area contributed by atoms with Crippen molar-refractivity contribution < 1.29 is 90.3 Å². The fourth-order valence-corrected chi connectivity index (χ4v) is 14.6. The number of azide groups is 1. The fraction of sp³-hybridized carbons (Fsp3) is 0.409. The van der Waals surface area contributed by atoms with E-state index in [0.717, 1.165) is 65.4 Å². The summed E-state index contributed by atoms with van der Waals surface area (Å²) in [6.07, 6.45) is -5.74. The molecule has 4 saturated heterocycles. The SMILES string of the molecule is CC(C)(C)OC(=O)N1C[C@@H](N=[N+]=[N-])[C@H](O)[C@@H](n2c3ccc(Cl)cc3c3cc(Cl)ccc32)C1.CC(C)(C)OC(=O)N1C[C@@H]2OS(=O)O[C@@H]2[C@@H](n2c3ccc(Cl)cc3c3cc(Cl)ccc32)C1.CC(C)(C)OC(=O)N1C[C@H](O)[C@H](O)[C@@H](n2c3ccc(Cl)cc3c3cc(Cl)ccc32)C1.O=S(Cl)Cl.[N-]=[N+]=[N-].[Na+]. The molecule has 540 valence electrons. The van der Waals surface area contributed by atoms with Gasteiger partial charge in [-0.2, -0.15) is 4.21 Å². The van der Waals surface area contributed by atoms with Gasteiger partial charge < -0.3 is 69.0 Å². The molecule has 102 heavy (non-hydrogen) atoms. The monoisotopic (exact) mass is 1600 g/mol. The maximum Gasteiger partial charge on any atom is 1.00 e. The summed E-state index contributed by atoms with van der Waals surface area (Å²) in [5.41, 5.74) is 25.7. The molecular weight excluding hydrogens is 1540 g/mol. The zero-order chi connectivity index (χ0) is 74.1. The molecule has 4 aliphatic rings. The van der Waals surface area contributed by atoms with Crippen molar-refractivity contribution in [2.75, 3.05) is 39.3 Å². The summed E-state index contributed by atoms with van der Waals surface area (Å²) >= 11 is 35.7. The summed E-state index contributed by atoms with van der Waals surface area (Å²) < 4.78 is 55.0. The Kier molecular flexibility index (Phi) is 27.4. The number of aromatic nitrogens is 3. The average molecular weight is 1610 g/mol. The minimum Gasteiger partial charge on any atom is -0.444 e. The predicted octanol–water partition coefficient (Wildman–Crippen LogP) is 14.7. The van der Waals surface area contributed by atoms with E-state index in [1.807, 2.05) is 115 Å². The Labute approximate surface area is 652 Å². The summed E-state index contributed by atoms with van der Waals surface area (Å²) in [7, 11) is 7.36. The molecular formula is C66H69Cl8N12NaO13S2. The molecule has 10 atom stereocenters. The van der Waals surface area contributed by atoms with Crippen LogP contribution in [0, 0.1) is 0 Å². The van der Waals surface area contributed by atoms with Crippen LogP contribution in [-0.2, 0) is 43.2 Å². The third kappa shape index (κ3) is 19.4. The van der Waals surface area contributed by atoms with E-state index in [4.69, 9.17) is 113 Å². The molecule has 0 aliphatic carbocycles. The van der Waals surface area contributed by atoms with E-state index in [0.29, 0.717) is 36.7 Å². The minimum atomic E-state index is -1.88. The zero-order valence-corrected chi connectivity index (χ0v) is 66.1. The van der Waals surface area contributed by atoms with Crippen molar-refractivity contribution >= 4 is 195 Å². The molecule has 6 aromatic carbocycles. The number of carbonyl (C=O) groups is 3. The molecule has 3 amide bonds. The molecule has 9 aromatic rings. The van der Waals surface area contributed by atoms with E-state index in [2.05, 4.69) is 36.0 Å². The van der Waals surface area contributed by atoms with E-state index < -0.39 is 104 Å². The number of halogens is 8. The van der Waals surface area contributed by atoms with Crippen LogP contribution in [0.2, 0.25) is 30.1 Å². The second-order valence-electron chi connectivity index (χ2n) is 26.9. The van der Waals surface area contributed by atoms with Gasteiger partial charge in [-0.25, -0.2) is 18.6 Å². The molecule has 36 heteroatoms.